The maximum Gasteiger partial charge on any atom is 0.333 e. The molecule has 0 aliphatic heterocycles. The van der Waals surface area contributed by atoms with Crippen LogP contribution in [0.5, 0.6) is 0 Å². The molecule has 3 unspecified atom stereocenters. The number of carbonyl (C=O) groups is 4. The number of unbranched alkanes of at least 4 members (excludes halogenated alkanes) is 4. The first-order valence-corrected chi connectivity index (χ1v) is 9.96. The van der Waals surface area contributed by atoms with Crippen LogP contribution in [0.4, 0.5) is 0 Å². The molecule has 0 saturated carbocycles. The van der Waals surface area contributed by atoms with Crippen LogP contribution in [0.15, 0.2) is 0 Å². The van der Waals surface area contributed by atoms with E-state index in [2.05, 4.69) is 20.8 Å². The van der Waals surface area contributed by atoms with Crippen molar-refractivity contribution in [3.8, 4) is 0 Å². The molecule has 0 heterocycles. The third kappa shape index (κ3) is 6.80. The lowest BCUT2D eigenvalue weighted by Gasteiger charge is -2.27. The molecule has 28 heavy (non-hydrogen) atoms. The van der Waals surface area contributed by atoms with Gasteiger partial charge in [-0.2, -0.15) is 0 Å². The molecule has 4 N–H and O–H groups in total. The van der Waals surface area contributed by atoms with Crippen molar-refractivity contribution in [3.05, 3.63) is 0 Å². The third-order valence-electron chi connectivity index (χ3n) is 5.72. The fourth-order valence-corrected chi connectivity index (χ4v) is 3.52. The van der Waals surface area contributed by atoms with Gasteiger partial charge in [0.1, 0.15) is 0 Å². The van der Waals surface area contributed by atoms with Crippen LogP contribution < -0.4 is 0 Å². The summed E-state index contributed by atoms with van der Waals surface area (Å²) in [5, 5.41) is 36.9. The monoisotopic (exact) mass is 402 g/mol. The number of rotatable bonds is 16. The number of hydrogen-bond acceptors (Lipinski definition) is 4. The molecule has 0 amide bonds. The zero-order chi connectivity index (χ0) is 21.9. The van der Waals surface area contributed by atoms with E-state index in [1.165, 1.54) is 25.7 Å². The first-order valence-electron chi connectivity index (χ1n) is 9.96. The predicted octanol–water partition coefficient (Wildman–Crippen LogP) is 3.73. The minimum absolute atomic E-state index is 0.249. The van der Waals surface area contributed by atoms with Crippen molar-refractivity contribution in [1.82, 2.24) is 0 Å². The summed E-state index contributed by atoms with van der Waals surface area (Å²) in [6.45, 7) is 6.43. The Kier molecular flexibility index (Phi) is 11.4. The molecular weight excluding hydrogens is 368 g/mol. The Hall–Kier alpha value is -2.12. The summed E-state index contributed by atoms with van der Waals surface area (Å²) in [6.07, 6.45) is 7.18. The van der Waals surface area contributed by atoms with Crippen molar-refractivity contribution in [2.24, 2.45) is 23.2 Å². The highest BCUT2D eigenvalue weighted by Crippen LogP contribution is 2.34. The Morgan fingerprint density at radius 3 is 1.43 bits per heavy atom. The first kappa shape index (κ1) is 25.9. The van der Waals surface area contributed by atoms with E-state index in [-0.39, 0.29) is 12.8 Å². The second-order valence-electron chi connectivity index (χ2n) is 7.70. The van der Waals surface area contributed by atoms with E-state index in [9.17, 15) is 39.6 Å². The lowest BCUT2D eigenvalue weighted by molar-refractivity contribution is -0.186. The molecule has 0 radical (unpaired) electrons. The zero-order valence-corrected chi connectivity index (χ0v) is 17.0. The smallest absolute Gasteiger partial charge is 0.333 e. The lowest BCUT2D eigenvalue weighted by Crippen LogP contribution is -2.54. The van der Waals surface area contributed by atoms with Gasteiger partial charge in [0.2, 0.25) is 0 Å². The van der Waals surface area contributed by atoms with Gasteiger partial charge in [-0.1, -0.05) is 72.1 Å². The summed E-state index contributed by atoms with van der Waals surface area (Å²) < 4.78 is 0. The van der Waals surface area contributed by atoms with Crippen molar-refractivity contribution in [3.63, 3.8) is 0 Å². The van der Waals surface area contributed by atoms with Crippen LogP contribution >= 0.6 is 0 Å². The number of carboxylic acid groups (broad SMARTS) is 4. The summed E-state index contributed by atoms with van der Waals surface area (Å²) in [6, 6.07) is 0. The molecule has 162 valence electrons. The largest absolute Gasteiger partial charge is 0.481 e. The predicted molar refractivity (Wildman–Crippen MR) is 102 cm³/mol. The van der Waals surface area contributed by atoms with Crippen molar-refractivity contribution in [2.45, 2.75) is 78.6 Å². The molecule has 8 nitrogen and oxygen atoms in total. The van der Waals surface area contributed by atoms with E-state index in [4.69, 9.17) is 0 Å². The second-order valence-corrected chi connectivity index (χ2v) is 7.70. The molecule has 3 atom stereocenters. The number of carboxylic acids is 4. The van der Waals surface area contributed by atoms with Gasteiger partial charge in [0.25, 0.3) is 5.41 Å². The van der Waals surface area contributed by atoms with Crippen LogP contribution in [-0.4, -0.2) is 44.3 Å². The molecule has 0 aromatic rings. The molecule has 0 bridgehead atoms. The molecule has 0 aromatic carbocycles. The van der Waals surface area contributed by atoms with Gasteiger partial charge in [0.15, 0.2) is 0 Å². The van der Waals surface area contributed by atoms with Crippen LogP contribution in [-0.2, 0) is 19.2 Å². The van der Waals surface area contributed by atoms with Crippen LogP contribution in [0.25, 0.3) is 0 Å². The van der Waals surface area contributed by atoms with E-state index in [1.54, 1.807) is 0 Å². The van der Waals surface area contributed by atoms with E-state index in [0.717, 1.165) is 12.8 Å². The maximum absolute atomic E-state index is 11.5. The summed E-state index contributed by atoms with van der Waals surface area (Å²) >= 11 is 0. The van der Waals surface area contributed by atoms with Crippen molar-refractivity contribution in [1.29, 1.82) is 0 Å². The highest BCUT2D eigenvalue weighted by Gasteiger charge is 2.62. The minimum atomic E-state index is -3.38. The van der Waals surface area contributed by atoms with Crippen LogP contribution in [0, 0.1) is 23.2 Å². The normalized spacial score (nSPS) is 14.8. The fraction of sp³-hybridized carbons (Fsp3) is 0.800. The second kappa shape index (κ2) is 12.4. The van der Waals surface area contributed by atoms with Gasteiger partial charge in [-0.25, -0.2) is 0 Å². The SMILES string of the molecule is CCCCCCC(C)C(C)CCCCC(C(=O)O)C(C(=O)O)(C(=O)O)C(=O)O. The van der Waals surface area contributed by atoms with Crippen LogP contribution in [0.3, 0.4) is 0 Å². The van der Waals surface area contributed by atoms with Crippen LogP contribution in [0.2, 0.25) is 0 Å². The van der Waals surface area contributed by atoms with Crippen molar-refractivity contribution >= 4 is 23.9 Å². The highest BCUT2D eigenvalue weighted by atomic mass is 16.4. The van der Waals surface area contributed by atoms with Gasteiger partial charge in [-0.15, -0.1) is 0 Å². The quantitative estimate of drug-likeness (QED) is 0.225. The van der Waals surface area contributed by atoms with E-state index < -0.39 is 35.2 Å². The Labute approximate surface area is 165 Å². The fourth-order valence-electron chi connectivity index (χ4n) is 3.52. The first-order chi connectivity index (χ1) is 13.0. The number of aliphatic carboxylic acids is 4. The molecule has 0 spiro atoms. The summed E-state index contributed by atoms with van der Waals surface area (Å²) in [4.78, 5) is 45.7. The average Bonchev–Trinajstić information content (AvgIpc) is 2.59. The molecule has 0 aromatic heterocycles. The minimum Gasteiger partial charge on any atom is -0.481 e. The number of hydrogen-bond donors (Lipinski definition) is 4. The molecule has 0 rings (SSSR count). The highest BCUT2D eigenvalue weighted by molar-refractivity contribution is 6.18. The van der Waals surface area contributed by atoms with E-state index in [0.29, 0.717) is 18.3 Å². The molecular formula is C20H34O8. The van der Waals surface area contributed by atoms with Crippen molar-refractivity contribution < 1.29 is 39.6 Å². The van der Waals surface area contributed by atoms with Crippen LogP contribution in [0.1, 0.15) is 78.6 Å². The Bertz CT molecular complexity index is 506. The Morgan fingerprint density at radius 2 is 1.07 bits per heavy atom. The summed E-state index contributed by atoms with van der Waals surface area (Å²) in [7, 11) is 0. The van der Waals surface area contributed by atoms with E-state index in [1.807, 2.05) is 0 Å². The molecule has 0 aliphatic rings. The van der Waals surface area contributed by atoms with Gasteiger partial charge in [0.05, 0.1) is 5.92 Å². The Balaban J connectivity index is 4.81. The molecule has 0 saturated heterocycles. The van der Waals surface area contributed by atoms with E-state index >= 15 is 0 Å². The zero-order valence-electron chi connectivity index (χ0n) is 17.0. The topological polar surface area (TPSA) is 149 Å². The maximum atomic E-state index is 11.5. The third-order valence-corrected chi connectivity index (χ3v) is 5.72. The Morgan fingerprint density at radius 1 is 0.679 bits per heavy atom. The molecule has 0 aliphatic carbocycles. The van der Waals surface area contributed by atoms with Crippen molar-refractivity contribution in [2.75, 3.05) is 0 Å². The van der Waals surface area contributed by atoms with Gasteiger partial charge < -0.3 is 20.4 Å². The standard InChI is InChI=1S/C20H34O8/c1-4-5-6-7-10-13(2)14(3)11-8-9-12-15(16(21)22)20(17(23)24,18(25)26)19(27)28/h13-15H,4-12H2,1-3H3,(H,21,22)(H,23,24)(H,25,26)(H,27,28). The van der Waals surface area contributed by atoms with Gasteiger partial charge in [0, 0.05) is 0 Å². The van der Waals surface area contributed by atoms with Gasteiger partial charge >= 0.3 is 23.9 Å². The van der Waals surface area contributed by atoms with Gasteiger partial charge in [-0.05, 0) is 18.3 Å². The summed E-state index contributed by atoms with van der Waals surface area (Å²) in [5.41, 5.74) is -3.38. The average molecular weight is 402 g/mol. The summed E-state index contributed by atoms with van der Waals surface area (Å²) in [5.74, 6) is -9.39. The van der Waals surface area contributed by atoms with Gasteiger partial charge in [-0.3, -0.25) is 19.2 Å². The molecule has 0 fully saturated rings. The lowest BCUT2D eigenvalue weighted by atomic mass is 9.72. The molecule has 8 heteroatoms.